The molecule has 1 aromatic heterocycles. The lowest BCUT2D eigenvalue weighted by Gasteiger charge is -2.38. The van der Waals surface area contributed by atoms with Crippen molar-refractivity contribution in [2.45, 2.75) is 76.9 Å². The average molecular weight is 433 g/mol. The predicted molar refractivity (Wildman–Crippen MR) is 120 cm³/mol. The zero-order valence-electron chi connectivity index (χ0n) is 18.3. The summed E-state index contributed by atoms with van der Waals surface area (Å²) in [4.78, 5) is 30.3. The molecule has 1 aromatic rings. The molecule has 0 spiro atoms. The van der Waals surface area contributed by atoms with Gasteiger partial charge in [-0.2, -0.15) is 0 Å². The van der Waals surface area contributed by atoms with Crippen molar-refractivity contribution >= 4 is 23.0 Å². The highest BCUT2D eigenvalue weighted by molar-refractivity contribution is 7.12. The first kappa shape index (κ1) is 22.0. The summed E-state index contributed by atoms with van der Waals surface area (Å²) in [6.07, 6.45) is 10.6. The Morgan fingerprint density at radius 1 is 1.10 bits per heavy atom. The van der Waals surface area contributed by atoms with Crippen LogP contribution in [0.25, 0.3) is 0 Å². The molecule has 3 heterocycles. The molecule has 1 aliphatic carbocycles. The SMILES string of the molecule is CC(=O)c1cc(CC(=O)N(CC2CCN(C3CCCC3)CC2)C[C@@H]2CCCO2)cs1. The van der Waals surface area contributed by atoms with Crippen molar-refractivity contribution in [3.8, 4) is 0 Å². The summed E-state index contributed by atoms with van der Waals surface area (Å²) in [6, 6.07) is 2.69. The van der Waals surface area contributed by atoms with E-state index in [1.807, 2.05) is 11.4 Å². The minimum atomic E-state index is 0.0731. The molecule has 1 atom stereocenters. The van der Waals surface area contributed by atoms with Crippen LogP contribution in [0.2, 0.25) is 0 Å². The number of hydrogen-bond donors (Lipinski definition) is 0. The van der Waals surface area contributed by atoms with E-state index in [0.717, 1.165) is 42.5 Å². The first-order valence-corrected chi connectivity index (χ1v) is 12.7. The van der Waals surface area contributed by atoms with Gasteiger partial charge >= 0.3 is 0 Å². The van der Waals surface area contributed by atoms with Crippen LogP contribution in [0.1, 0.15) is 73.5 Å². The molecule has 0 N–H and O–H groups in total. The lowest BCUT2D eigenvalue weighted by molar-refractivity contribution is -0.133. The minimum Gasteiger partial charge on any atom is -0.376 e. The van der Waals surface area contributed by atoms with Crippen LogP contribution >= 0.6 is 11.3 Å². The summed E-state index contributed by atoms with van der Waals surface area (Å²) in [7, 11) is 0. The summed E-state index contributed by atoms with van der Waals surface area (Å²) in [6.45, 7) is 6.33. The average Bonchev–Trinajstić information content (AvgIpc) is 3.50. The van der Waals surface area contributed by atoms with Crippen LogP contribution < -0.4 is 0 Å². The molecule has 3 aliphatic rings. The molecule has 6 heteroatoms. The Balaban J connectivity index is 1.34. The molecule has 2 saturated heterocycles. The van der Waals surface area contributed by atoms with Gasteiger partial charge in [-0.25, -0.2) is 0 Å². The van der Waals surface area contributed by atoms with Crippen LogP contribution in [-0.4, -0.2) is 66.4 Å². The third-order valence-corrected chi connectivity index (χ3v) is 8.21. The third-order valence-electron chi connectivity index (χ3n) is 7.13. The van der Waals surface area contributed by atoms with Crippen molar-refractivity contribution in [1.29, 1.82) is 0 Å². The van der Waals surface area contributed by atoms with E-state index in [1.54, 1.807) is 6.92 Å². The van der Waals surface area contributed by atoms with Gasteiger partial charge in [-0.05, 0) is 81.5 Å². The molecule has 166 valence electrons. The van der Waals surface area contributed by atoms with E-state index < -0.39 is 0 Å². The Labute approximate surface area is 184 Å². The molecular weight excluding hydrogens is 396 g/mol. The van der Waals surface area contributed by atoms with E-state index in [4.69, 9.17) is 4.74 Å². The van der Waals surface area contributed by atoms with Crippen LogP contribution in [0.5, 0.6) is 0 Å². The molecule has 1 saturated carbocycles. The highest BCUT2D eigenvalue weighted by atomic mass is 32.1. The molecular formula is C24H36N2O3S. The smallest absolute Gasteiger partial charge is 0.227 e. The number of ether oxygens (including phenoxy) is 1. The van der Waals surface area contributed by atoms with Gasteiger partial charge < -0.3 is 14.5 Å². The maximum Gasteiger partial charge on any atom is 0.227 e. The largest absolute Gasteiger partial charge is 0.376 e. The third kappa shape index (κ3) is 5.71. The first-order chi connectivity index (χ1) is 14.6. The van der Waals surface area contributed by atoms with Crippen LogP contribution in [0, 0.1) is 5.92 Å². The van der Waals surface area contributed by atoms with Gasteiger partial charge in [0.1, 0.15) is 0 Å². The summed E-state index contributed by atoms with van der Waals surface area (Å²) in [5, 5.41) is 1.96. The van der Waals surface area contributed by atoms with E-state index in [1.165, 1.54) is 63.0 Å². The molecule has 4 rings (SSSR count). The number of amides is 1. The van der Waals surface area contributed by atoms with Crippen molar-refractivity contribution in [1.82, 2.24) is 9.80 Å². The number of piperidine rings is 1. The molecule has 30 heavy (non-hydrogen) atoms. The van der Waals surface area contributed by atoms with Gasteiger partial charge in [0, 0.05) is 25.7 Å². The number of carbonyl (C=O) groups is 2. The summed E-state index contributed by atoms with van der Waals surface area (Å²) in [5.41, 5.74) is 0.962. The molecule has 1 amide bonds. The Hall–Kier alpha value is -1.24. The lowest BCUT2D eigenvalue weighted by Crippen LogP contribution is -2.45. The van der Waals surface area contributed by atoms with Gasteiger partial charge in [0.25, 0.3) is 0 Å². The molecule has 2 aliphatic heterocycles. The number of hydrogen-bond acceptors (Lipinski definition) is 5. The summed E-state index contributed by atoms with van der Waals surface area (Å²) < 4.78 is 5.85. The highest BCUT2D eigenvalue weighted by Gasteiger charge is 2.30. The number of Topliss-reactive ketones (excluding diaryl/α,β-unsaturated/α-hetero) is 1. The number of thiophene rings is 1. The fraction of sp³-hybridized carbons (Fsp3) is 0.750. The van der Waals surface area contributed by atoms with Crippen molar-refractivity contribution in [2.24, 2.45) is 5.92 Å². The Morgan fingerprint density at radius 3 is 2.50 bits per heavy atom. The van der Waals surface area contributed by atoms with E-state index >= 15 is 0 Å². The van der Waals surface area contributed by atoms with Crippen LogP contribution in [0.15, 0.2) is 11.4 Å². The van der Waals surface area contributed by atoms with Gasteiger partial charge in [-0.15, -0.1) is 11.3 Å². The standard InChI is InChI=1S/C24H36N2O3S/c1-18(27)23-13-20(17-30-23)14-24(28)26(16-22-7-4-12-29-22)15-19-8-10-25(11-9-19)21-5-2-3-6-21/h13,17,19,21-22H,2-12,14-16H2,1H3/t22-/m0/s1. The maximum absolute atomic E-state index is 13.2. The van der Waals surface area contributed by atoms with Gasteiger partial charge in [-0.1, -0.05) is 12.8 Å². The number of likely N-dealkylation sites (tertiary alicyclic amines) is 1. The second-order valence-corrected chi connectivity index (χ2v) is 10.3. The first-order valence-electron chi connectivity index (χ1n) is 11.8. The summed E-state index contributed by atoms with van der Waals surface area (Å²) in [5.74, 6) is 0.837. The molecule has 3 fully saturated rings. The van der Waals surface area contributed by atoms with E-state index in [-0.39, 0.29) is 17.8 Å². The molecule has 0 unspecified atom stereocenters. The zero-order valence-corrected chi connectivity index (χ0v) is 19.1. The molecule has 0 bridgehead atoms. The van der Waals surface area contributed by atoms with E-state index in [0.29, 0.717) is 18.9 Å². The lowest BCUT2D eigenvalue weighted by atomic mass is 9.94. The van der Waals surface area contributed by atoms with Crippen LogP contribution in [0.4, 0.5) is 0 Å². The number of nitrogens with zero attached hydrogens (tertiary/aromatic N) is 2. The topological polar surface area (TPSA) is 49.9 Å². The Morgan fingerprint density at radius 2 is 1.87 bits per heavy atom. The second kappa shape index (κ2) is 10.4. The zero-order chi connectivity index (χ0) is 20.9. The second-order valence-electron chi connectivity index (χ2n) is 9.40. The normalized spacial score (nSPS) is 23.8. The Kier molecular flexibility index (Phi) is 7.60. The van der Waals surface area contributed by atoms with Gasteiger partial charge in [0.05, 0.1) is 17.4 Å². The van der Waals surface area contributed by atoms with Gasteiger partial charge in [0.15, 0.2) is 5.78 Å². The number of rotatable bonds is 8. The fourth-order valence-corrected chi connectivity index (χ4v) is 6.15. The molecule has 0 radical (unpaired) electrons. The monoisotopic (exact) mass is 432 g/mol. The van der Waals surface area contributed by atoms with Crippen molar-refractivity contribution in [3.05, 3.63) is 21.9 Å². The van der Waals surface area contributed by atoms with Crippen LogP contribution in [-0.2, 0) is 16.0 Å². The Bertz CT molecular complexity index is 714. The van der Waals surface area contributed by atoms with Crippen LogP contribution in [0.3, 0.4) is 0 Å². The predicted octanol–water partition coefficient (Wildman–Crippen LogP) is 4.16. The number of ketones is 1. The van der Waals surface area contributed by atoms with Crippen molar-refractivity contribution < 1.29 is 14.3 Å². The quantitative estimate of drug-likeness (QED) is 0.579. The molecule has 5 nitrogen and oxygen atoms in total. The fourth-order valence-electron chi connectivity index (χ4n) is 5.33. The molecule has 0 aromatic carbocycles. The minimum absolute atomic E-state index is 0.0731. The van der Waals surface area contributed by atoms with Gasteiger partial charge in [0.2, 0.25) is 5.91 Å². The van der Waals surface area contributed by atoms with Gasteiger partial charge in [-0.3, -0.25) is 9.59 Å². The van der Waals surface area contributed by atoms with Crippen molar-refractivity contribution in [2.75, 3.05) is 32.8 Å². The highest BCUT2D eigenvalue weighted by Crippen LogP contribution is 2.28. The van der Waals surface area contributed by atoms with E-state index in [2.05, 4.69) is 9.80 Å². The van der Waals surface area contributed by atoms with E-state index in [9.17, 15) is 9.59 Å². The maximum atomic E-state index is 13.2. The number of carbonyl (C=O) groups excluding carboxylic acids is 2. The summed E-state index contributed by atoms with van der Waals surface area (Å²) >= 11 is 1.44. The van der Waals surface area contributed by atoms with Crippen molar-refractivity contribution in [3.63, 3.8) is 0 Å².